The number of alkyl halides is 1. The maximum Gasteiger partial charge on any atom is 0.312 e. The molecule has 0 bridgehead atoms. The highest BCUT2D eigenvalue weighted by atomic mass is 79.9. The first-order valence-corrected chi connectivity index (χ1v) is 6.09. The first-order valence-electron chi connectivity index (χ1n) is 5.30. The highest BCUT2D eigenvalue weighted by Gasteiger charge is 2.62. The fourth-order valence-electron chi connectivity index (χ4n) is 1.88. The van der Waals surface area contributed by atoms with Crippen molar-refractivity contribution in [2.24, 2.45) is 5.92 Å². The zero-order valence-corrected chi connectivity index (χ0v) is 10.8. The Labute approximate surface area is 106 Å². The van der Waals surface area contributed by atoms with E-state index in [4.69, 9.17) is 4.74 Å². The molecule has 17 heavy (non-hydrogen) atoms. The molecule has 0 unspecified atom stereocenters. The lowest BCUT2D eigenvalue weighted by Gasteiger charge is -2.10. The van der Waals surface area contributed by atoms with Crippen LogP contribution in [-0.4, -0.2) is 12.6 Å². The molecule has 2 nitrogen and oxygen atoms in total. The summed E-state index contributed by atoms with van der Waals surface area (Å²) in [7, 11) is 0. The molecule has 0 amide bonds. The van der Waals surface area contributed by atoms with Crippen molar-refractivity contribution < 1.29 is 18.3 Å². The molecule has 0 aliphatic heterocycles. The molecule has 0 spiro atoms. The maximum absolute atomic E-state index is 14.4. The fourth-order valence-corrected chi connectivity index (χ4v) is 2.56. The van der Waals surface area contributed by atoms with Crippen LogP contribution in [0.2, 0.25) is 0 Å². The molecule has 1 fully saturated rings. The van der Waals surface area contributed by atoms with Gasteiger partial charge in [0.25, 0.3) is 0 Å². The molecule has 0 saturated heterocycles. The smallest absolute Gasteiger partial charge is 0.312 e. The van der Waals surface area contributed by atoms with E-state index < -0.39 is 23.4 Å². The van der Waals surface area contributed by atoms with Crippen LogP contribution in [-0.2, 0) is 15.2 Å². The monoisotopic (exact) mass is 304 g/mol. The second-order valence-corrected chi connectivity index (χ2v) is 4.85. The first-order chi connectivity index (χ1) is 7.99. The molecule has 1 aliphatic carbocycles. The van der Waals surface area contributed by atoms with Crippen molar-refractivity contribution in [2.45, 2.75) is 19.0 Å². The number of benzene rings is 1. The fraction of sp³-hybridized carbons (Fsp3) is 0.417. The van der Waals surface area contributed by atoms with Gasteiger partial charge in [0.05, 0.1) is 12.5 Å². The molecule has 2 rings (SSSR count). The zero-order chi connectivity index (χ0) is 12.6. The number of carbonyl (C=O) groups is 1. The molecule has 2 atom stereocenters. The SMILES string of the molecule is CCOC(=O)[C@H]1C[C@]1(F)c1ccc(F)cc1Br. The summed E-state index contributed by atoms with van der Waals surface area (Å²) >= 11 is 3.11. The molecule has 1 aromatic carbocycles. The van der Waals surface area contributed by atoms with Crippen LogP contribution < -0.4 is 0 Å². The van der Waals surface area contributed by atoms with Gasteiger partial charge in [-0.3, -0.25) is 4.79 Å². The van der Waals surface area contributed by atoms with Gasteiger partial charge in [0, 0.05) is 16.5 Å². The van der Waals surface area contributed by atoms with Gasteiger partial charge in [-0.2, -0.15) is 0 Å². The molecule has 0 N–H and O–H groups in total. The van der Waals surface area contributed by atoms with Gasteiger partial charge in [-0.1, -0.05) is 22.0 Å². The van der Waals surface area contributed by atoms with E-state index in [1.54, 1.807) is 6.92 Å². The summed E-state index contributed by atoms with van der Waals surface area (Å²) in [6.45, 7) is 1.91. The number of halogens is 3. The predicted octanol–water partition coefficient (Wildman–Crippen LogP) is 3.34. The lowest BCUT2D eigenvalue weighted by atomic mass is 10.1. The van der Waals surface area contributed by atoms with Gasteiger partial charge in [-0.15, -0.1) is 0 Å². The topological polar surface area (TPSA) is 26.3 Å². The molecular weight excluding hydrogens is 294 g/mol. The third-order valence-corrected chi connectivity index (χ3v) is 3.50. The van der Waals surface area contributed by atoms with E-state index >= 15 is 0 Å². The van der Waals surface area contributed by atoms with Crippen LogP contribution in [0.3, 0.4) is 0 Å². The standard InChI is InChI=1S/C12H11BrF2O2/c1-2-17-11(16)9-6-12(9,15)8-4-3-7(14)5-10(8)13/h3-5,9H,2,6H2,1H3/t9-,12+/m1/s1. The third-order valence-electron chi connectivity index (χ3n) is 2.84. The van der Waals surface area contributed by atoms with Gasteiger partial charge in [-0.25, -0.2) is 8.78 Å². The minimum absolute atomic E-state index is 0.0933. The van der Waals surface area contributed by atoms with Crippen LogP contribution >= 0.6 is 15.9 Å². The quantitative estimate of drug-likeness (QED) is 0.801. The second kappa shape index (κ2) is 4.37. The van der Waals surface area contributed by atoms with Crippen LogP contribution in [0.25, 0.3) is 0 Å². The average Bonchev–Trinajstić information content (AvgIpc) is 2.92. The Bertz CT molecular complexity index is 464. The molecule has 0 radical (unpaired) electrons. The van der Waals surface area contributed by atoms with Crippen LogP contribution in [0.4, 0.5) is 8.78 Å². The summed E-state index contributed by atoms with van der Waals surface area (Å²) in [4.78, 5) is 11.4. The molecule has 92 valence electrons. The largest absolute Gasteiger partial charge is 0.466 e. The Morgan fingerprint density at radius 2 is 2.35 bits per heavy atom. The third kappa shape index (κ3) is 2.20. The van der Waals surface area contributed by atoms with Crippen molar-refractivity contribution in [3.63, 3.8) is 0 Å². The Morgan fingerprint density at radius 3 is 2.94 bits per heavy atom. The lowest BCUT2D eigenvalue weighted by molar-refractivity contribution is -0.145. The number of esters is 1. The highest BCUT2D eigenvalue weighted by molar-refractivity contribution is 9.10. The van der Waals surface area contributed by atoms with Crippen molar-refractivity contribution in [3.8, 4) is 0 Å². The summed E-state index contributed by atoms with van der Waals surface area (Å²) in [5.74, 6) is -1.76. The normalized spacial score (nSPS) is 26.7. The average molecular weight is 305 g/mol. The van der Waals surface area contributed by atoms with Crippen molar-refractivity contribution in [3.05, 3.63) is 34.1 Å². The van der Waals surface area contributed by atoms with Gasteiger partial charge in [0.1, 0.15) is 5.82 Å². The van der Waals surface area contributed by atoms with Crippen molar-refractivity contribution >= 4 is 21.9 Å². The summed E-state index contributed by atoms with van der Waals surface area (Å²) < 4.78 is 32.4. The Hall–Kier alpha value is -0.970. The molecule has 5 heteroatoms. The number of rotatable bonds is 3. The van der Waals surface area contributed by atoms with Crippen molar-refractivity contribution in [1.82, 2.24) is 0 Å². The molecule has 1 aromatic rings. The summed E-state index contributed by atoms with van der Waals surface area (Å²) in [5, 5.41) is 0. The lowest BCUT2D eigenvalue weighted by Crippen LogP contribution is -2.14. The number of ether oxygens (including phenoxy) is 1. The van der Waals surface area contributed by atoms with E-state index in [1.165, 1.54) is 18.2 Å². The van der Waals surface area contributed by atoms with E-state index in [0.29, 0.717) is 10.0 Å². The van der Waals surface area contributed by atoms with Gasteiger partial charge in [0.15, 0.2) is 5.67 Å². The minimum atomic E-state index is -1.72. The Balaban J connectivity index is 2.22. The zero-order valence-electron chi connectivity index (χ0n) is 9.17. The van der Waals surface area contributed by atoms with Gasteiger partial charge < -0.3 is 4.74 Å². The van der Waals surface area contributed by atoms with Crippen molar-refractivity contribution in [1.29, 1.82) is 0 Å². The molecular formula is C12H11BrF2O2. The molecule has 1 aliphatic rings. The van der Waals surface area contributed by atoms with Gasteiger partial charge in [-0.05, 0) is 19.1 Å². The summed E-state index contributed by atoms with van der Waals surface area (Å²) in [6.07, 6.45) is 0.0933. The number of hydrogen-bond donors (Lipinski definition) is 0. The maximum atomic E-state index is 14.4. The molecule has 1 saturated carbocycles. The van der Waals surface area contributed by atoms with Crippen LogP contribution in [0.15, 0.2) is 22.7 Å². The number of carbonyl (C=O) groups excluding carboxylic acids is 1. The van der Waals surface area contributed by atoms with Gasteiger partial charge in [0.2, 0.25) is 0 Å². The summed E-state index contributed by atoms with van der Waals surface area (Å²) in [5.41, 5.74) is -1.42. The van der Waals surface area contributed by atoms with Crippen LogP contribution in [0.5, 0.6) is 0 Å². The Kier molecular flexibility index (Phi) is 3.21. The minimum Gasteiger partial charge on any atom is -0.466 e. The highest BCUT2D eigenvalue weighted by Crippen LogP contribution is 2.57. The van der Waals surface area contributed by atoms with E-state index in [1.807, 2.05) is 0 Å². The van der Waals surface area contributed by atoms with Crippen LogP contribution in [0.1, 0.15) is 18.9 Å². The van der Waals surface area contributed by atoms with E-state index in [9.17, 15) is 13.6 Å². The molecule has 0 aromatic heterocycles. The summed E-state index contributed by atoms with van der Waals surface area (Å²) in [6, 6.07) is 3.73. The van der Waals surface area contributed by atoms with Crippen LogP contribution in [0, 0.1) is 11.7 Å². The van der Waals surface area contributed by atoms with E-state index in [0.717, 1.165) is 0 Å². The van der Waals surface area contributed by atoms with Gasteiger partial charge >= 0.3 is 5.97 Å². The second-order valence-electron chi connectivity index (χ2n) is 4.00. The number of hydrogen-bond acceptors (Lipinski definition) is 2. The van der Waals surface area contributed by atoms with E-state index in [-0.39, 0.29) is 13.0 Å². The van der Waals surface area contributed by atoms with Crippen molar-refractivity contribution in [2.75, 3.05) is 6.61 Å². The predicted molar refractivity (Wildman–Crippen MR) is 61.6 cm³/mol. The van der Waals surface area contributed by atoms with E-state index in [2.05, 4.69) is 15.9 Å². The Morgan fingerprint density at radius 1 is 1.65 bits per heavy atom. The first kappa shape index (κ1) is 12.5. The molecule has 0 heterocycles.